The van der Waals surface area contributed by atoms with Crippen LogP contribution in [0.3, 0.4) is 0 Å². The summed E-state index contributed by atoms with van der Waals surface area (Å²) in [5.74, 6) is -0.309. The van der Waals surface area contributed by atoms with Crippen LogP contribution < -0.4 is 5.32 Å². The van der Waals surface area contributed by atoms with Gasteiger partial charge in [0.2, 0.25) is 0 Å². The summed E-state index contributed by atoms with van der Waals surface area (Å²) in [5.41, 5.74) is 0.832. The van der Waals surface area contributed by atoms with Crippen molar-refractivity contribution >= 4 is 22.9 Å². The molecular formula is C12H12ClFN2S. The number of aromatic nitrogens is 1. The first kappa shape index (κ1) is 12.5. The summed E-state index contributed by atoms with van der Waals surface area (Å²) in [6.07, 6.45) is 1.78. The Morgan fingerprint density at radius 3 is 2.94 bits per heavy atom. The fourth-order valence-corrected chi connectivity index (χ4v) is 2.43. The van der Waals surface area contributed by atoms with E-state index in [2.05, 4.69) is 10.3 Å². The number of rotatable bonds is 4. The second-order valence-corrected chi connectivity index (χ2v) is 5.11. The van der Waals surface area contributed by atoms with Crippen LogP contribution in [0.15, 0.2) is 29.8 Å². The Balaban J connectivity index is 1.98. The molecule has 0 saturated carbocycles. The van der Waals surface area contributed by atoms with Crippen molar-refractivity contribution in [3.05, 3.63) is 51.2 Å². The molecule has 5 heteroatoms. The van der Waals surface area contributed by atoms with E-state index >= 15 is 0 Å². The average molecular weight is 271 g/mol. The van der Waals surface area contributed by atoms with Gasteiger partial charge in [0.1, 0.15) is 10.8 Å². The topological polar surface area (TPSA) is 24.9 Å². The van der Waals surface area contributed by atoms with Crippen molar-refractivity contribution in [2.45, 2.75) is 19.5 Å². The molecule has 0 aliphatic carbocycles. The van der Waals surface area contributed by atoms with E-state index in [9.17, 15) is 4.39 Å². The zero-order chi connectivity index (χ0) is 12.3. The number of halogens is 2. The van der Waals surface area contributed by atoms with Gasteiger partial charge in [-0.2, -0.15) is 0 Å². The van der Waals surface area contributed by atoms with Gasteiger partial charge in [0.05, 0.1) is 6.04 Å². The molecule has 1 aromatic carbocycles. The Morgan fingerprint density at radius 1 is 1.47 bits per heavy atom. The molecule has 0 saturated heterocycles. The van der Waals surface area contributed by atoms with Crippen molar-refractivity contribution in [3.63, 3.8) is 0 Å². The molecule has 1 heterocycles. The molecule has 0 fully saturated rings. The summed E-state index contributed by atoms with van der Waals surface area (Å²) in [6, 6.07) is 4.69. The molecule has 0 aliphatic heterocycles. The van der Waals surface area contributed by atoms with E-state index < -0.39 is 0 Å². The minimum Gasteiger partial charge on any atom is -0.304 e. The minimum atomic E-state index is -0.309. The first-order valence-electron chi connectivity index (χ1n) is 5.23. The summed E-state index contributed by atoms with van der Waals surface area (Å²) in [5, 5.41) is 6.66. The molecule has 1 atom stereocenters. The van der Waals surface area contributed by atoms with Crippen LogP contribution in [0.25, 0.3) is 0 Å². The number of nitrogens with one attached hydrogen (secondary N) is 1. The van der Waals surface area contributed by atoms with Gasteiger partial charge >= 0.3 is 0 Å². The van der Waals surface area contributed by atoms with Gasteiger partial charge < -0.3 is 5.32 Å². The molecular weight excluding hydrogens is 259 g/mol. The number of hydrogen-bond donors (Lipinski definition) is 1. The molecule has 2 rings (SSSR count). The molecule has 90 valence electrons. The van der Waals surface area contributed by atoms with Crippen LogP contribution in [0.5, 0.6) is 0 Å². The highest BCUT2D eigenvalue weighted by molar-refractivity contribution is 7.09. The smallest absolute Gasteiger partial charge is 0.125 e. The fourth-order valence-electron chi connectivity index (χ4n) is 1.52. The Hall–Kier alpha value is -0.970. The Kier molecular flexibility index (Phi) is 4.10. The predicted molar refractivity (Wildman–Crippen MR) is 68.8 cm³/mol. The van der Waals surface area contributed by atoms with Gasteiger partial charge in [-0.3, -0.25) is 0 Å². The van der Waals surface area contributed by atoms with Gasteiger partial charge in [0.25, 0.3) is 0 Å². The fraction of sp³-hybridized carbons (Fsp3) is 0.250. The number of hydrogen-bond acceptors (Lipinski definition) is 3. The minimum absolute atomic E-state index is 0.150. The van der Waals surface area contributed by atoms with Crippen LogP contribution in [0.4, 0.5) is 4.39 Å². The van der Waals surface area contributed by atoms with Crippen molar-refractivity contribution in [2.75, 3.05) is 0 Å². The molecule has 2 nitrogen and oxygen atoms in total. The monoisotopic (exact) mass is 270 g/mol. The molecule has 0 amide bonds. The van der Waals surface area contributed by atoms with Gasteiger partial charge in [-0.05, 0) is 30.7 Å². The van der Waals surface area contributed by atoms with E-state index in [1.54, 1.807) is 23.6 Å². The van der Waals surface area contributed by atoms with Crippen LogP contribution in [0.2, 0.25) is 5.02 Å². The maximum Gasteiger partial charge on any atom is 0.125 e. The standard InChI is InChI=1S/C12H12ClFN2S/c1-8(12-15-2-3-17-12)16-7-9-4-10(13)6-11(14)5-9/h2-6,8,16H,7H2,1H3. The van der Waals surface area contributed by atoms with E-state index in [-0.39, 0.29) is 11.9 Å². The van der Waals surface area contributed by atoms with E-state index in [1.165, 1.54) is 12.1 Å². The number of nitrogens with zero attached hydrogens (tertiary/aromatic N) is 1. The van der Waals surface area contributed by atoms with Crippen LogP contribution in [-0.2, 0) is 6.54 Å². The van der Waals surface area contributed by atoms with Gasteiger partial charge in [0.15, 0.2) is 0 Å². The van der Waals surface area contributed by atoms with Crippen molar-refractivity contribution < 1.29 is 4.39 Å². The van der Waals surface area contributed by atoms with Gasteiger partial charge in [0, 0.05) is 23.1 Å². The van der Waals surface area contributed by atoms with Gasteiger partial charge in [-0.1, -0.05) is 11.6 Å². The molecule has 1 N–H and O–H groups in total. The zero-order valence-electron chi connectivity index (χ0n) is 9.28. The molecule has 0 spiro atoms. The molecule has 0 bridgehead atoms. The third-order valence-electron chi connectivity index (χ3n) is 2.36. The molecule has 0 radical (unpaired) electrons. The van der Waals surface area contributed by atoms with Crippen LogP contribution in [0.1, 0.15) is 23.5 Å². The maximum absolute atomic E-state index is 13.1. The molecule has 17 heavy (non-hydrogen) atoms. The van der Waals surface area contributed by atoms with Crippen molar-refractivity contribution in [1.82, 2.24) is 10.3 Å². The second-order valence-electron chi connectivity index (χ2n) is 3.75. The first-order chi connectivity index (χ1) is 8.15. The summed E-state index contributed by atoms with van der Waals surface area (Å²) in [4.78, 5) is 4.22. The van der Waals surface area contributed by atoms with E-state index in [4.69, 9.17) is 11.6 Å². The molecule has 2 aromatic rings. The maximum atomic E-state index is 13.1. The summed E-state index contributed by atoms with van der Waals surface area (Å²) in [6.45, 7) is 2.60. The highest BCUT2D eigenvalue weighted by Crippen LogP contribution is 2.17. The predicted octanol–water partition coefficient (Wildman–Crippen LogP) is 3.79. The van der Waals surface area contributed by atoms with E-state index in [0.717, 1.165) is 10.6 Å². The largest absolute Gasteiger partial charge is 0.304 e. The summed E-state index contributed by atoms with van der Waals surface area (Å²) < 4.78 is 13.1. The summed E-state index contributed by atoms with van der Waals surface area (Å²) >= 11 is 7.39. The highest BCUT2D eigenvalue weighted by atomic mass is 35.5. The molecule has 1 unspecified atom stereocenters. The van der Waals surface area contributed by atoms with Crippen LogP contribution in [0, 0.1) is 5.82 Å². The lowest BCUT2D eigenvalue weighted by molar-refractivity contribution is 0.567. The zero-order valence-corrected chi connectivity index (χ0v) is 10.9. The highest BCUT2D eigenvalue weighted by Gasteiger charge is 2.07. The lowest BCUT2D eigenvalue weighted by Crippen LogP contribution is -2.17. The second kappa shape index (κ2) is 5.58. The van der Waals surface area contributed by atoms with Crippen LogP contribution in [-0.4, -0.2) is 4.98 Å². The normalized spacial score (nSPS) is 12.6. The Bertz CT molecular complexity index is 467. The van der Waals surface area contributed by atoms with E-state index in [1.807, 2.05) is 12.3 Å². The van der Waals surface area contributed by atoms with Crippen LogP contribution >= 0.6 is 22.9 Å². The first-order valence-corrected chi connectivity index (χ1v) is 6.48. The summed E-state index contributed by atoms with van der Waals surface area (Å²) in [7, 11) is 0. The third kappa shape index (κ3) is 3.49. The Labute approximate surface area is 108 Å². The van der Waals surface area contributed by atoms with Gasteiger partial charge in [-0.15, -0.1) is 11.3 Å². The molecule has 1 aromatic heterocycles. The average Bonchev–Trinajstić information content (AvgIpc) is 2.78. The third-order valence-corrected chi connectivity index (χ3v) is 3.53. The lowest BCUT2D eigenvalue weighted by atomic mass is 10.2. The van der Waals surface area contributed by atoms with E-state index in [0.29, 0.717) is 11.6 Å². The van der Waals surface area contributed by atoms with Crippen molar-refractivity contribution in [3.8, 4) is 0 Å². The quantitative estimate of drug-likeness (QED) is 0.914. The van der Waals surface area contributed by atoms with Gasteiger partial charge in [-0.25, -0.2) is 9.37 Å². The SMILES string of the molecule is CC(NCc1cc(F)cc(Cl)c1)c1nccs1. The number of thiazole rings is 1. The lowest BCUT2D eigenvalue weighted by Gasteiger charge is -2.11. The Morgan fingerprint density at radius 2 is 2.29 bits per heavy atom. The van der Waals surface area contributed by atoms with Crippen molar-refractivity contribution in [1.29, 1.82) is 0 Å². The molecule has 0 aliphatic rings. The number of benzene rings is 1. The van der Waals surface area contributed by atoms with Crippen molar-refractivity contribution in [2.24, 2.45) is 0 Å².